The average molecular weight is 911 g/mol. The molecule has 5 heterocycles. The molecule has 5 aliphatic rings. The fraction of sp³-hybridized carbons (Fsp3) is 0.941. The predicted molar refractivity (Wildman–Crippen MR) is 190 cm³/mol. The van der Waals surface area contributed by atoms with Crippen molar-refractivity contribution in [2.75, 3.05) is 33.0 Å². The van der Waals surface area contributed by atoms with Crippen LogP contribution >= 0.6 is 0 Å². The molecule has 0 aliphatic carbocycles. The van der Waals surface area contributed by atoms with E-state index < -0.39 is 198 Å². The number of hydrogen-bond donors (Lipinski definition) is 17. The molecule has 17 N–H and O–H groups in total. The quantitative estimate of drug-likeness (QED) is 0.0725. The van der Waals surface area contributed by atoms with Crippen LogP contribution in [-0.4, -0.2) is 275 Å². The van der Waals surface area contributed by atoms with E-state index in [1.54, 1.807) is 0 Å². The molecule has 5 aliphatic heterocycles. The molecule has 2 amide bonds. The second-order valence-corrected chi connectivity index (χ2v) is 15.5. The first-order valence-corrected chi connectivity index (χ1v) is 19.6. The summed E-state index contributed by atoms with van der Waals surface area (Å²) in [5.74, 6) is -1.45. The molecule has 28 nitrogen and oxygen atoms in total. The Kier molecular flexibility index (Phi) is 18.1. The van der Waals surface area contributed by atoms with Crippen LogP contribution in [0.25, 0.3) is 0 Å². The Labute approximate surface area is 351 Å². The van der Waals surface area contributed by atoms with Gasteiger partial charge >= 0.3 is 0 Å². The van der Waals surface area contributed by atoms with Gasteiger partial charge in [-0.2, -0.15) is 0 Å². The Bertz CT molecular complexity index is 1440. The van der Waals surface area contributed by atoms with Crippen LogP contribution in [0.15, 0.2) is 0 Å². The smallest absolute Gasteiger partial charge is 0.217 e. The number of carbonyl (C=O) groups excluding carboxylic acids is 2. The number of ether oxygens (including phenoxy) is 9. The number of aliphatic hydroxyl groups excluding tert-OH is 15. The monoisotopic (exact) mass is 910 g/mol. The van der Waals surface area contributed by atoms with E-state index in [2.05, 4.69) is 10.6 Å². The molecule has 25 atom stereocenters. The van der Waals surface area contributed by atoms with Gasteiger partial charge in [0.25, 0.3) is 0 Å². The SMILES string of the molecule is CC(=O)N[C@H]1[C@H](O[C@H]2[C@H](O)[C@@H](NC(C)=O)C(O)O[C@@H]2CO)O[C@H](CO)[C@@H](O[C@H]2O[C@@H](CO[C@@H]3O[C@@H](CO)[C@H](O)[C@@H](O[C@@H]4O[C@@H](CO)[C@H](O)[C@@H](O)[C@H]4O)[C@H]3O)[C@H](O)[C@@H](O)[C@H]2O)[C@@H]1O. The molecule has 0 spiro atoms. The number of carbonyl (C=O) groups is 2. The minimum Gasteiger partial charge on any atom is -0.394 e. The normalized spacial score (nSPS) is 49.0. The number of hydrogen-bond acceptors (Lipinski definition) is 26. The number of nitrogens with one attached hydrogen (secondary N) is 2. The maximum Gasteiger partial charge on any atom is 0.217 e. The Balaban J connectivity index is 1.29. The summed E-state index contributed by atoms with van der Waals surface area (Å²) < 4.78 is 50.4. The highest BCUT2D eigenvalue weighted by molar-refractivity contribution is 5.73. The lowest BCUT2D eigenvalue weighted by Crippen LogP contribution is -2.70. The minimum atomic E-state index is -2.08. The molecule has 5 saturated heterocycles. The van der Waals surface area contributed by atoms with E-state index in [0.717, 1.165) is 13.8 Å². The standard InChI is InChI=1S/C34H58N2O26/c1-8(41)35-15-20(46)27(12(5-39)55-30(15)53)60-31-16(36-9(2)42)21(47)28(13(6-40)58-31)61-34-25(51)23(49)18(44)14(59-34)7-54-32-26(52)29(19(45)11(4-38)56-32)62-33-24(50)22(48)17(43)10(3-37)57-33/h10-34,37-40,43-53H,3-7H2,1-2H3,(H,35,41)(H,36,42)/t10-,11-,12+,13+,14-,15+,16+,17-,18-,19-,20+,21+,22+,23+,24+,25+,26+,27+,28+,29+,30?,31-,32+,33-,34+/m0/s1. The highest BCUT2D eigenvalue weighted by Gasteiger charge is 2.55. The van der Waals surface area contributed by atoms with Gasteiger partial charge in [0.1, 0.15) is 122 Å². The van der Waals surface area contributed by atoms with Gasteiger partial charge in [0.05, 0.1) is 33.0 Å². The van der Waals surface area contributed by atoms with Crippen molar-refractivity contribution in [2.45, 2.75) is 167 Å². The summed E-state index contributed by atoms with van der Waals surface area (Å²) in [6, 6.07) is -3.12. The van der Waals surface area contributed by atoms with Crippen molar-refractivity contribution in [3.63, 3.8) is 0 Å². The largest absolute Gasteiger partial charge is 0.394 e. The van der Waals surface area contributed by atoms with Crippen molar-refractivity contribution < 1.29 is 129 Å². The molecule has 0 aromatic carbocycles. The van der Waals surface area contributed by atoms with E-state index in [0.29, 0.717) is 0 Å². The maximum atomic E-state index is 12.3. The zero-order valence-corrected chi connectivity index (χ0v) is 33.2. The molecule has 0 saturated carbocycles. The third kappa shape index (κ3) is 11.0. The fourth-order valence-corrected chi connectivity index (χ4v) is 7.73. The van der Waals surface area contributed by atoms with Crippen LogP contribution in [-0.2, 0) is 52.2 Å². The Morgan fingerprint density at radius 2 is 0.823 bits per heavy atom. The molecule has 0 aromatic rings. The Morgan fingerprint density at radius 3 is 1.35 bits per heavy atom. The third-order valence-corrected chi connectivity index (χ3v) is 11.1. The molecule has 0 bridgehead atoms. The molecule has 0 radical (unpaired) electrons. The zero-order valence-electron chi connectivity index (χ0n) is 33.2. The highest BCUT2D eigenvalue weighted by Crippen LogP contribution is 2.34. The predicted octanol–water partition coefficient (Wildman–Crippen LogP) is -11.6. The van der Waals surface area contributed by atoms with Crippen molar-refractivity contribution in [1.82, 2.24) is 10.6 Å². The fourth-order valence-electron chi connectivity index (χ4n) is 7.73. The molecular formula is C34H58N2O26. The van der Waals surface area contributed by atoms with Gasteiger partial charge in [0, 0.05) is 13.8 Å². The van der Waals surface area contributed by atoms with Crippen LogP contribution in [0.4, 0.5) is 0 Å². The van der Waals surface area contributed by atoms with Crippen molar-refractivity contribution in [1.29, 1.82) is 0 Å². The topological polar surface area (TPSA) is 445 Å². The third-order valence-electron chi connectivity index (χ3n) is 11.1. The van der Waals surface area contributed by atoms with Crippen LogP contribution in [0.3, 0.4) is 0 Å². The summed E-state index contributed by atoms with van der Waals surface area (Å²) in [7, 11) is 0. The molecule has 360 valence electrons. The van der Waals surface area contributed by atoms with Crippen LogP contribution < -0.4 is 10.6 Å². The first-order valence-electron chi connectivity index (χ1n) is 19.6. The highest BCUT2D eigenvalue weighted by atomic mass is 16.8. The second kappa shape index (κ2) is 22.0. The summed E-state index contributed by atoms with van der Waals surface area (Å²) in [6.07, 6.45) is -41.5. The summed E-state index contributed by atoms with van der Waals surface area (Å²) in [6.45, 7) is -2.22. The van der Waals surface area contributed by atoms with Gasteiger partial charge in [0.15, 0.2) is 31.5 Å². The number of amides is 2. The summed E-state index contributed by atoms with van der Waals surface area (Å²) >= 11 is 0. The lowest BCUT2D eigenvalue weighted by Gasteiger charge is -2.49. The van der Waals surface area contributed by atoms with E-state index in [1.165, 1.54) is 0 Å². The molecule has 62 heavy (non-hydrogen) atoms. The Morgan fingerprint density at radius 1 is 0.419 bits per heavy atom. The van der Waals surface area contributed by atoms with Crippen molar-refractivity contribution >= 4 is 11.8 Å². The van der Waals surface area contributed by atoms with Gasteiger partial charge in [-0.15, -0.1) is 0 Å². The first-order chi connectivity index (χ1) is 29.3. The summed E-state index contributed by atoms with van der Waals surface area (Å²) in [5, 5.41) is 162. The lowest BCUT2D eigenvalue weighted by molar-refractivity contribution is -0.373. The molecular weight excluding hydrogens is 852 g/mol. The van der Waals surface area contributed by atoms with E-state index in [4.69, 9.17) is 42.6 Å². The van der Waals surface area contributed by atoms with E-state index in [9.17, 15) is 86.2 Å². The number of aliphatic hydroxyl groups is 15. The van der Waals surface area contributed by atoms with Gasteiger partial charge in [-0.1, -0.05) is 0 Å². The van der Waals surface area contributed by atoms with E-state index in [1.807, 2.05) is 0 Å². The number of rotatable bonds is 15. The van der Waals surface area contributed by atoms with Crippen LogP contribution in [0.2, 0.25) is 0 Å². The molecule has 0 aromatic heterocycles. The lowest BCUT2D eigenvalue weighted by atomic mass is 9.94. The van der Waals surface area contributed by atoms with Gasteiger partial charge < -0.3 is 130 Å². The van der Waals surface area contributed by atoms with Gasteiger partial charge in [-0.3, -0.25) is 9.59 Å². The second-order valence-electron chi connectivity index (χ2n) is 15.5. The molecule has 28 heteroatoms. The first kappa shape index (κ1) is 51.0. The van der Waals surface area contributed by atoms with Crippen LogP contribution in [0.1, 0.15) is 13.8 Å². The van der Waals surface area contributed by atoms with Crippen molar-refractivity contribution in [3.8, 4) is 0 Å². The molecule has 1 unspecified atom stereocenters. The van der Waals surface area contributed by atoms with Crippen molar-refractivity contribution in [3.05, 3.63) is 0 Å². The van der Waals surface area contributed by atoms with Gasteiger partial charge in [-0.25, -0.2) is 0 Å². The van der Waals surface area contributed by atoms with Crippen LogP contribution in [0, 0.1) is 0 Å². The van der Waals surface area contributed by atoms with Gasteiger partial charge in [-0.05, 0) is 0 Å². The van der Waals surface area contributed by atoms with Crippen LogP contribution in [0.5, 0.6) is 0 Å². The molecule has 5 fully saturated rings. The molecule has 5 rings (SSSR count). The van der Waals surface area contributed by atoms with Crippen molar-refractivity contribution in [2.24, 2.45) is 0 Å². The van der Waals surface area contributed by atoms with E-state index in [-0.39, 0.29) is 0 Å². The Hall–Kier alpha value is -2.02. The summed E-state index contributed by atoms with van der Waals surface area (Å²) in [4.78, 5) is 24.1. The van der Waals surface area contributed by atoms with E-state index >= 15 is 0 Å². The average Bonchev–Trinajstić information content (AvgIpc) is 3.23. The summed E-state index contributed by atoms with van der Waals surface area (Å²) in [5.41, 5.74) is 0. The maximum absolute atomic E-state index is 12.3. The van der Waals surface area contributed by atoms with Gasteiger partial charge in [0.2, 0.25) is 11.8 Å². The minimum absolute atomic E-state index is 0.680. The zero-order chi connectivity index (χ0) is 45.9.